The van der Waals surface area contributed by atoms with Crippen molar-refractivity contribution in [3.8, 4) is 0 Å². The maximum absolute atomic E-state index is 6.05. The maximum atomic E-state index is 6.05. The third kappa shape index (κ3) is 3.15. The van der Waals surface area contributed by atoms with Crippen molar-refractivity contribution < 1.29 is 9.15 Å². The van der Waals surface area contributed by atoms with E-state index < -0.39 is 6.04 Å². The summed E-state index contributed by atoms with van der Waals surface area (Å²) < 4.78 is 10.8. The van der Waals surface area contributed by atoms with E-state index in [9.17, 15) is 0 Å². The van der Waals surface area contributed by atoms with Crippen LogP contribution >= 0.6 is 0 Å². The third-order valence-corrected chi connectivity index (χ3v) is 2.48. The van der Waals surface area contributed by atoms with Gasteiger partial charge in [-0.25, -0.2) is 0 Å². The number of ether oxygens (including phenoxy) is 1. The molecule has 0 aliphatic rings. The van der Waals surface area contributed by atoms with Gasteiger partial charge in [0.1, 0.15) is 12.6 Å². The number of nitrogens with two attached hydrogens (primary N) is 1. The first-order chi connectivity index (χ1) is 8.81. The minimum atomic E-state index is -0.390. The summed E-state index contributed by atoms with van der Waals surface area (Å²) in [5.74, 6) is 0.876. The Bertz CT molecular complexity index is 470. The predicted octanol–water partition coefficient (Wildman–Crippen LogP) is 2.04. The SMILES string of the molecule is CCCOCc1nnc(C(N)c2ccccc2)o1. The minimum absolute atomic E-state index is 0.336. The van der Waals surface area contributed by atoms with Crippen LogP contribution in [0.25, 0.3) is 0 Å². The van der Waals surface area contributed by atoms with E-state index in [2.05, 4.69) is 10.2 Å². The molecule has 96 valence electrons. The van der Waals surface area contributed by atoms with E-state index in [-0.39, 0.29) is 0 Å². The van der Waals surface area contributed by atoms with Crippen molar-refractivity contribution in [2.75, 3.05) is 6.61 Å². The fourth-order valence-corrected chi connectivity index (χ4v) is 1.56. The van der Waals surface area contributed by atoms with Crippen molar-refractivity contribution in [2.24, 2.45) is 5.73 Å². The molecule has 0 amide bonds. The molecule has 0 aliphatic carbocycles. The maximum Gasteiger partial charge on any atom is 0.242 e. The second-order valence-electron chi connectivity index (χ2n) is 3.97. The normalized spacial score (nSPS) is 12.6. The zero-order valence-electron chi connectivity index (χ0n) is 10.4. The van der Waals surface area contributed by atoms with Crippen molar-refractivity contribution in [1.82, 2.24) is 10.2 Å². The van der Waals surface area contributed by atoms with Gasteiger partial charge in [0.25, 0.3) is 0 Å². The van der Waals surface area contributed by atoms with E-state index >= 15 is 0 Å². The lowest BCUT2D eigenvalue weighted by molar-refractivity contribution is 0.102. The average Bonchev–Trinajstić information content (AvgIpc) is 2.88. The zero-order valence-corrected chi connectivity index (χ0v) is 10.4. The highest BCUT2D eigenvalue weighted by atomic mass is 16.5. The molecule has 18 heavy (non-hydrogen) atoms. The van der Waals surface area contributed by atoms with Gasteiger partial charge in [-0.1, -0.05) is 37.3 Å². The smallest absolute Gasteiger partial charge is 0.242 e. The summed E-state index contributed by atoms with van der Waals surface area (Å²) in [6.45, 7) is 3.06. The topological polar surface area (TPSA) is 74.2 Å². The van der Waals surface area contributed by atoms with Gasteiger partial charge in [0.05, 0.1) is 0 Å². The van der Waals surface area contributed by atoms with E-state index in [1.54, 1.807) is 0 Å². The molecule has 1 heterocycles. The number of hydrogen-bond donors (Lipinski definition) is 1. The van der Waals surface area contributed by atoms with Gasteiger partial charge >= 0.3 is 0 Å². The standard InChI is InChI=1S/C13H17N3O2/c1-2-8-17-9-11-15-16-13(18-11)12(14)10-6-4-3-5-7-10/h3-7,12H,2,8-9,14H2,1H3. The summed E-state index contributed by atoms with van der Waals surface area (Å²) >= 11 is 0. The molecule has 1 aromatic heterocycles. The Kier molecular flexibility index (Phi) is 4.44. The van der Waals surface area contributed by atoms with Gasteiger partial charge in [-0.2, -0.15) is 0 Å². The van der Waals surface area contributed by atoms with E-state index in [0.29, 0.717) is 25.0 Å². The monoisotopic (exact) mass is 247 g/mol. The van der Waals surface area contributed by atoms with Crippen LogP contribution in [0.2, 0.25) is 0 Å². The van der Waals surface area contributed by atoms with Crippen molar-refractivity contribution in [3.63, 3.8) is 0 Å². The van der Waals surface area contributed by atoms with E-state index in [1.165, 1.54) is 0 Å². The molecule has 5 heteroatoms. The summed E-state index contributed by atoms with van der Waals surface area (Å²) in [7, 11) is 0. The summed E-state index contributed by atoms with van der Waals surface area (Å²) in [6.07, 6.45) is 0.963. The highest BCUT2D eigenvalue weighted by Crippen LogP contribution is 2.18. The Balaban J connectivity index is 2.01. The summed E-state index contributed by atoms with van der Waals surface area (Å²) in [5, 5.41) is 7.86. The van der Waals surface area contributed by atoms with Gasteiger partial charge in [-0.15, -0.1) is 10.2 Å². The first kappa shape index (κ1) is 12.7. The Morgan fingerprint density at radius 3 is 2.78 bits per heavy atom. The Labute approximate surface area is 106 Å². The molecule has 2 N–H and O–H groups in total. The molecule has 1 aromatic carbocycles. The molecule has 1 atom stereocenters. The average molecular weight is 247 g/mol. The van der Waals surface area contributed by atoms with Crippen LogP contribution in [0.3, 0.4) is 0 Å². The van der Waals surface area contributed by atoms with E-state index in [0.717, 1.165) is 12.0 Å². The van der Waals surface area contributed by atoms with Gasteiger partial charge in [-0.3, -0.25) is 0 Å². The predicted molar refractivity (Wildman–Crippen MR) is 66.7 cm³/mol. The highest BCUT2D eigenvalue weighted by Gasteiger charge is 2.16. The third-order valence-electron chi connectivity index (χ3n) is 2.48. The lowest BCUT2D eigenvalue weighted by Gasteiger charge is -2.06. The van der Waals surface area contributed by atoms with Crippen LogP contribution in [0.5, 0.6) is 0 Å². The van der Waals surface area contributed by atoms with Gasteiger partial charge in [0, 0.05) is 6.61 Å². The Morgan fingerprint density at radius 2 is 2.06 bits per heavy atom. The Morgan fingerprint density at radius 1 is 1.28 bits per heavy atom. The molecule has 2 rings (SSSR count). The highest BCUT2D eigenvalue weighted by molar-refractivity contribution is 5.22. The molecule has 0 fully saturated rings. The zero-order chi connectivity index (χ0) is 12.8. The van der Waals surface area contributed by atoms with Crippen LogP contribution in [0.4, 0.5) is 0 Å². The fraction of sp³-hybridized carbons (Fsp3) is 0.385. The number of nitrogens with zero attached hydrogens (tertiary/aromatic N) is 2. The molecule has 0 spiro atoms. The van der Waals surface area contributed by atoms with Crippen molar-refractivity contribution in [1.29, 1.82) is 0 Å². The van der Waals surface area contributed by atoms with Crippen LogP contribution in [0.1, 0.15) is 36.7 Å². The molecule has 0 aliphatic heterocycles. The summed E-state index contributed by atoms with van der Waals surface area (Å²) in [6, 6.07) is 9.27. The first-order valence-corrected chi connectivity index (χ1v) is 6.01. The van der Waals surface area contributed by atoms with Crippen LogP contribution in [0.15, 0.2) is 34.7 Å². The van der Waals surface area contributed by atoms with Crippen LogP contribution in [-0.4, -0.2) is 16.8 Å². The van der Waals surface area contributed by atoms with Gasteiger partial charge < -0.3 is 14.9 Å². The van der Waals surface area contributed by atoms with Crippen LogP contribution in [-0.2, 0) is 11.3 Å². The van der Waals surface area contributed by atoms with Crippen LogP contribution in [0, 0.1) is 0 Å². The number of aromatic nitrogens is 2. The van der Waals surface area contributed by atoms with E-state index in [1.807, 2.05) is 37.3 Å². The van der Waals surface area contributed by atoms with Crippen molar-refractivity contribution in [3.05, 3.63) is 47.7 Å². The van der Waals surface area contributed by atoms with Gasteiger partial charge in [0.15, 0.2) is 0 Å². The summed E-state index contributed by atoms with van der Waals surface area (Å²) in [5.41, 5.74) is 6.99. The number of rotatable bonds is 6. The lowest BCUT2D eigenvalue weighted by atomic mass is 10.1. The molecule has 0 saturated carbocycles. The largest absolute Gasteiger partial charge is 0.421 e. The number of hydrogen-bond acceptors (Lipinski definition) is 5. The molecule has 0 radical (unpaired) electrons. The molecular weight excluding hydrogens is 230 g/mol. The molecular formula is C13H17N3O2. The lowest BCUT2D eigenvalue weighted by Crippen LogP contribution is -2.11. The molecule has 1 unspecified atom stereocenters. The van der Waals surface area contributed by atoms with Gasteiger partial charge in [-0.05, 0) is 12.0 Å². The first-order valence-electron chi connectivity index (χ1n) is 6.01. The second-order valence-corrected chi connectivity index (χ2v) is 3.97. The second kappa shape index (κ2) is 6.28. The van der Waals surface area contributed by atoms with Crippen molar-refractivity contribution >= 4 is 0 Å². The summed E-state index contributed by atoms with van der Waals surface area (Å²) in [4.78, 5) is 0. The minimum Gasteiger partial charge on any atom is -0.421 e. The number of benzene rings is 1. The van der Waals surface area contributed by atoms with Gasteiger partial charge in [0.2, 0.25) is 11.8 Å². The van der Waals surface area contributed by atoms with Crippen molar-refractivity contribution in [2.45, 2.75) is 26.0 Å². The Hall–Kier alpha value is -1.72. The van der Waals surface area contributed by atoms with Crippen LogP contribution < -0.4 is 5.73 Å². The molecule has 0 bridgehead atoms. The molecule has 2 aromatic rings. The molecule has 0 saturated heterocycles. The molecule has 5 nitrogen and oxygen atoms in total. The fourth-order valence-electron chi connectivity index (χ4n) is 1.56. The quantitative estimate of drug-likeness (QED) is 0.791. The van der Waals surface area contributed by atoms with E-state index in [4.69, 9.17) is 14.9 Å².